The zero-order valence-corrected chi connectivity index (χ0v) is 18.0. The summed E-state index contributed by atoms with van der Waals surface area (Å²) >= 11 is 0. The highest BCUT2D eigenvalue weighted by molar-refractivity contribution is 5.87. The first-order valence-corrected chi connectivity index (χ1v) is 11.3. The maximum Gasteiger partial charge on any atom is 0.176 e. The summed E-state index contributed by atoms with van der Waals surface area (Å²) < 4.78 is 7.46. The molecule has 168 valence electrons. The molecule has 4 heterocycles. The van der Waals surface area contributed by atoms with E-state index in [0.29, 0.717) is 24.3 Å². The number of benzene rings is 1. The van der Waals surface area contributed by atoms with Crippen molar-refractivity contribution >= 4 is 27.7 Å². The molecule has 1 aromatic carbocycles. The predicted molar refractivity (Wildman–Crippen MR) is 121 cm³/mol. The molecule has 0 saturated heterocycles. The number of aryl methyl sites for hydroxylation is 1. The Balaban J connectivity index is 1.19. The zero-order chi connectivity index (χ0) is 22.5. The first-order valence-electron chi connectivity index (χ1n) is 11.3. The Labute approximate surface area is 189 Å². The van der Waals surface area contributed by atoms with Crippen LogP contribution in [0.25, 0.3) is 21.9 Å². The van der Waals surface area contributed by atoms with Gasteiger partial charge in [-0.2, -0.15) is 0 Å². The molecule has 8 nitrogen and oxygen atoms in total. The highest BCUT2D eigenvalue weighted by atomic mass is 16.5. The van der Waals surface area contributed by atoms with E-state index >= 15 is 0 Å². The number of aromatic nitrogens is 4. The molecule has 0 bridgehead atoms. The third-order valence-electron chi connectivity index (χ3n) is 6.98. The van der Waals surface area contributed by atoms with Gasteiger partial charge in [0.1, 0.15) is 30.4 Å². The number of rotatable bonds is 4. The maximum absolute atomic E-state index is 11.7. The standard InChI is InChI=1S/C25H24N4O4/c30-18-10-20-22(33-12-18)9-15-3-1-14(7-19(15)28-20)2-4-16-8-21(24(32)23(16)31)29-6-5-17-11-26-13-27-25(17)29/h1,3,5-7,9,11,13,16,21,23-24,31-32H,2,4,8,10,12H2/t16-,21+,23+,24-/m0/s1. The summed E-state index contributed by atoms with van der Waals surface area (Å²) in [6.45, 7) is 0.112. The zero-order valence-electron chi connectivity index (χ0n) is 18.0. The highest BCUT2D eigenvalue weighted by Crippen LogP contribution is 2.39. The van der Waals surface area contributed by atoms with Gasteiger partial charge in [0, 0.05) is 23.2 Å². The van der Waals surface area contributed by atoms with Gasteiger partial charge < -0.3 is 19.5 Å². The van der Waals surface area contributed by atoms with Gasteiger partial charge in [-0.3, -0.25) is 4.79 Å². The molecule has 1 fully saturated rings. The maximum atomic E-state index is 11.7. The van der Waals surface area contributed by atoms with Crippen LogP contribution in [-0.4, -0.2) is 54.3 Å². The van der Waals surface area contributed by atoms with Crippen molar-refractivity contribution in [1.29, 1.82) is 0 Å². The number of fused-ring (bicyclic) bond motifs is 3. The number of nitrogens with zero attached hydrogens (tertiary/aromatic N) is 4. The van der Waals surface area contributed by atoms with Crippen molar-refractivity contribution in [2.24, 2.45) is 5.92 Å². The van der Waals surface area contributed by atoms with Gasteiger partial charge in [-0.1, -0.05) is 12.1 Å². The summed E-state index contributed by atoms with van der Waals surface area (Å²) in [5.74, 6) is 0.699. The second-order valence-corrected chi connectivity index (χ2v) is 9.07. The molecule has 0 spiro atoms. The van der Waals surface area contributed by atoms with E-state index in [1.807, 2.05) is 35.0 Å². The largest absolute Gasteiger partial charge is 0.484 e. The Hall–Kier alpha value is -3.36. The monoisotopic (exact) mass is 444 g/mol. The molecule has 3 aromatic heterocycles. The van der Waals surface area contributed by atoms with E-state index in [-0.39, 0.29) is 24.3 Å². The summed E-state index contributed by atoms with van der Waals surface area (Å²) in [5, 5.41) is 23.4. The minimum atomic E-state index is -0.845. The van der Waals surface area contributed by atoms with Crippen LogP contribution >= 0.6 is 0 Å². The molecule has 33 heavy (non-hydrogen) atoms. The van der Waals surface area contributed by atoms with Crippen LogP contribution in [-0.2, 0) is 17.6 Å². The molecule has 6 rings (SSSR count). The Morgan fingerprint density at radius 1 is 1.12 bits per heavy atom. The molecule has 4 atom stereocenters. The SMILES string of the molecule is O=C1COc2cc3ccc(CC[C@H]4C[C@@H](n5ccc6cncnc65)[C@H](O)[C@@H]4O)cc3nc2C1. The van der Waals surface area contributed by atoms with Crippen LogP contribution in [0.4, 0.5) is 0 Å². The summed E-state index contributed by atoms with van der Waals surface area (Å²) in [7, 11) is 0. The summed E-state index contributed by atoms with van der Waals surface area (Å²) in [4.78, 5) is 24.8. The number of carbonyl (C=O) groups excluding carboxylic acids is 1. The lowest BCUT2D eigenvalue weighted by atomic mass is 9.95. The van der Waals surface area contributed by atoms with Crippen LogP contribution in [0.3, 0.4) is 0 Å². The molecule has 0 unspecified atom stereocenters. The average molecular weight is 444 g/mol. The van der Waals surface area contributed by atoms with Crippen LogP contribution in [0.1, 0.15) is 30.1 Å². The Morgan fingerprint density at radius 3 is 2.94 bits per heavy atom. The minimum Gasteiger partial charge on any atom is -0.484 e. The predicted octanol–water partition coefficient (Wildman–Crippen LogP) is 2.40. The van der Waals surface area contributed by atoms with Gasteiger partial charge in [0.25, 0.3) is 0 Å². The number of ketones is 1. The molecule has 2 N–H and O–H groups in total. The number of carbonyl (C=O) groups is 1. The fourth-order valence-corrected chi connectivity index (χ4v) is 5.22. The van der Waals surface area contributed by atoms with Crippen molar-refractivity contribution in [3.05, 3.63) is 60.3 Å². The van der Waals surface area contributed by atoms with Gasteiger partial charge in [0.2, 0.25) is 0 Å². The second-order valence-electron chi connectivity index (χ2n) is 9.07. The molecule has 1 aliphatic heterocycles. The first kappa shape index (κ1) is 20.3. The number of aliphatic hydroxyl groups is 2. The van der Waals surface area contributed by atoms with Gasteiger partial charge in [-0.25, -0.2) is 15.0 Å². The van der Waals surface area contributed by atoms with E-state index in [0.717, 1.165) is 40.3 Å². The van der Waals surface area contributed by atoms with Crippen molar-refractivity contribution in [2.75, 3.05) is 6.61 Å². The Morgan fingerprint density at radius 2 is 2.03 bits per heavy atom. The number of hydrogen-bond acceptors (Lipinski definition) is 7. The van der Waals surface area contributed by atoms with E-state index in [9.17, 15) is 15.0 Å². The molecule has 1 saturated carbocycles. The molecule has 4 aromatic rings. The van der Waals surface area contributed by atoms with E-state index in [1.165, 1.54) is 6.33 Å². The number of hydrogen-bond donors (Lipinski definition) is 2. The molecule has 1 aliphatic carbocycles. The lowest BCUT2D eigenvalue weighted by Crippen LogP contribution is -2.29. The van der Waals surface area contributed by atoms with E-state index in [2.05, 4.69) is 21.0 Å². The van der Waals surface area contributed by atoms with E-state index in [1.54, 1.807) is 6.20 Å². The second kappa shape index (κ2) is 7.90. The van der Waals surface area contributed by atoms with Crippen molar-refractivity contribution in [1.82, 2.24) is 19.5 Å². The van der Waals surface area contributed by atoms with Crippen LogP contribution in [0.5, 0.6) is 5.75 Å². The van der Waals surface area contributed by atoms with Crippen molar-refractivity contribution in [3.8, 4) is 5.75 Å². The molecule has 0 amide bonds. The number of ether oxygens (including phenoxy) is 1. The number of Topliss-reactive ketones (excluding diaryl/α,β-unsaturated/α-hetero) is 1. The quantitative estimate of drug-likeness (QED) is 0.497. The van der Waals surface area contributed by atoms with Crippen molar-refractivity contribution < 1.29 is 19.7 Å². The highest BCUT2D eigenvalue weighted by Gasteiger charge is 2.42. The Kier molecular flexibility index (Phi) is 4.85. The summed E-state index contributed by atoms with van der Waals surface area (Å²) in [6.07, 6.45) is 6.03. The van der Waals surface area contributed by atoms with Gasteiger partial charge in [0.15, 0.2) is 5.78 Å². The fourth-order valence-electron chi connectivity index (χ4n) is 5.22. The van der Waals surface area contributed by atoms with Crippen LogP contribution in [0.2, 0.25) is 0 Å². The molecule has 0 radical (unpaired) electrons. The fraction of sp³-hybridized carbons (Fsp3) is 0.360. The minimum absolute atomic E-state index is 0.0255. The molecule has 2 aliphatic rings. The lowest BCUT2D eigenvalue weighted by molar-refractivity contribution is -0.121. The molecular formula is C25H24N4O4. The summed E-state index contributed by atoms with van der Waals surface area (Å²) in [6, 6.07) is 9.78. The third-order valence-corrected chi connectivity index (χ3v) is 6.98. The third kappa shape index (κ3) is 3.55. The van der Waals surface area contributed by atoms with Crippen molar-refractivity contribution in [3.63, 3.8) is 0 Å². The van der Waals surface area contributed by atoms with Crippen molar-refractivity contribution in [2.45, 2.75) is 43.9 Å². The number of pyridine rings is 1. The van der Waals surface area contributed by atoms with Gasteiger partial charge in [0.05, 0.1) is 29.8 Å². The van der Waals surface area contributed by atoms with Crippen LogP contribution in [0, 0.1) is 5.92 Å². The molecule has 8 heteroatoms. The molecular weight excluding hydrogens is 420 g/mol. The van der Waals surface area contributed by atoms with E-state index < -0.39 is 12.2 Å². The summed E-state index contributed by atoms with van der Waals surface area (Å²) in [5.41, 5.74) is 3.42. The first-order chi connectivity index (χ1) is 16.1. The van der Waals surface area contributed by atoms with Gasteiger partial charge in [-0.15, -0.1) is 0 Å². The lowest BCUT2D eigenvalue weighted by Gasteiger charge is -2.19. The topological polar surface area (TPSA) is 110 Å². The average Bonchev–Trinajstić information content (AvgIpc) is 3.37. The van der Waals surface area contributed by atoms with Gasteiger partial charge in [-0.05, 0) is 48.9 Å². The van der Waals surface area contributed by atoms with Crippen LogP contribution in [0.15, 0.2) is 49.1 Å². The van der Waals surface area contributed by atoms with Crippen LogP contribution < -0.4 is 4.74 Å². The Bertz CT molecular complexity index is 1370. The number of aliphatic hydroxyl groups excluding tert-OH is 2. The smallest absolute Gasteiger partial charge is 0.176 e. The normalized spacial score (nSPS) is 24.8. The van der Waals surface area contributed by atoms with Gasteiger partial charge >= 0.3 is 0 Å². The van der Waals surface area contributed by atoms with E-state index in [4.69, 9.17) is 4.74 Å².